The molecular formula is C12H17NO. The number of hydrogen-bond donors (Lipinski definition) is 2. The molecule has 0 saturated carbocycles. The molecule has 0 aliphatic carbocycles. The number of hydrogen-bond acceptors (Lipinski definition) is 2. The largest absolute Gasteiger partial charge is 0.396 e. The Morgan fingerprint density at radius 2 is 2.07 bits per heavy atom. The van der Waals surface area contributed by atoms with E-state index in [9.17, 15) is 0 Å². The van der Waals surface area contributed by atoms with E-state index in [1.165, 1.54) is 12.0 Å². The summed E-state index contributed by atoms with van der Waals surface area (Å²) < 4.78 is 0. The van der Waals surface area contributed by atoms with Crippen molar-refractivity contribution in [1.29, 1.82) is 0 Å². The number of benzene rings is 1. The molecule has 1 fully saturated rings. The van der Waals surface area contributed by atoms with Crippen LogP contribution in [0.25, 0.3) is 0 Å². The fraction of sp³-hybridized carbons (Fsp3) is 0.500. The van der Waals surface area contributed by atoms with Crippen LogP contribution in [-0.2, 0) is 0 Å². The Bertz CT molecular complexity index is 273. The molecule has 0 radical (unpaired) electrons. The lowest BCUT2D eigenvalue weighted by atomic mass is 9.92. The number of aliphatic hydroxyl groups is 1. The van der Waals surface area contributed by atoms with Gasteiger partial charge in [0, 0.05) is 12.6 Å². The first-order chi connectivity index (χ1) is 6.92. The molecule has 0 spiro atoms. The summed E-state index contributed by atoms with van der Waals surface area (Å²) in [7, 11) is 0. The summed E-state index contributed by atoms with van der Waals surface area (Å²) in [5.74, 6) is 0.599. The summed E-state index contributed by atoms with van der Waals surface area (Å²) in [6.07, 6.45) is 2.09. The zero-order valence-corrected chi connectivity index (χ0v) is 8.32. The highest BCUT2D eigenvalue weighted by Crippen LogP contribution is 2.31. The van der Waals surface area contributed by atoms with Crippen molar-refractivity contribution in [3.05, 3.63) is 35.9 Å². The van der Waals surface area contributed by atoms with Crippen molar-refractivity contribution in [3.8, 4) is 0 Å². The normalized spacial score (nSPS) is 26.6. The van der Waals surface area contributed by atoms with Crippen LogP contribution in [0.5, 0.6) is 0 Å². The van der Waals surface area contributed by atoms with E-state index in [2.05, 4.69) is 29.6 Å². The molecule has 1 aromatic rings. The predicted molar refractivity (Wildman–Crippen MR) is 57.0 cm³/mol. The molecular weight excluding hydrogens is 174 g/mol. The molecule has 1 aromatic carbocycles. The Morgan fingerprint density at radius 1 is 1.29 bits per heavy atom. The van der Waals surface area contributed by atoms with Crippen LogP contribution >= 0.6 is 0 Å². The average Bonchev–Trinajstić information content (AvgIpc) is 2.68. The van der Waals surface area contributed by atoms with Crippen LogP contribution in [0, 0.1) is 5.92 Å². The van der Waals surface area contributed by atoms with Gasteiger partial charge in [-0.15, -0.1) is 0 Å². The Morgan fingerprint density at radius 3 is 2.79 bits per heavy atom. The number of aliphatic hydroxyl groups excluding tert-OH is 1. The smallest absolute Gasteiger partial charge is 0.0434 e. The van der Waals surface area contributed by atoms with Gasteiger partial charge in [0.25, 0.3) is 0 Å². The molecule has 2 nitrogen and oxygen atoms in total. The molecule has 1 saturated heterocycles. The summed E-state index contributed by atoms with van der Waals surface area (Å²) in [6, 6.07) is 11.0. The minimum absolute atomic E-state index is 0.301. The molecule has 0 amide bonds. The van der Waals surface area contributed by atoms with Gasteiger partial charge >= 0.3 is 0 Å². The molecule has 0 bridgehead atoms. The number of nitrogens with one attached hydrogen (secondary N) is 1. The van der Waals surface area contributed by atoms with Crippen LogP contribution in [0.4, 0.5) is 0 Å². The second-order valence-corrected chi connectivity index (χ2v) is 3.90. The van der Waals surface area contributed by atoms with Gasteiger partial charge in [0.15, 0.2) is 0 Å². The van der Waals surface area contributed by atoms with Gasteiger partial charge in [-0.2, -0.15) is 0 Å². The van der Waals surface area contributed by atoms with Gasteiger partial charge in [-0.3, -0.25) is 0 Å². The first kappa shape index (κ1) is 9.69. The highest BCUT2D eigenvalue weighted by molar-refractivity contribution is 5.20. The summed E-state index contributed by atoms with van der Waals surface area (Å²) in [4.78, 5) is 0. The Hall–Kier alpha value is -0.860. The lowest BCUT2D eigenvalue weighted by Gasteiger charge is -2.18. The van der Waals surface area contributed by atoms with Crippen molar-refractivity contribution in [2.24, 2.45) is 5.92 Å². The zero-order valence-electron chi connectivity index (χ0n) is 8.32. The van der Waals surface area contributed by atoms with E-state index >= 15 is 0 Å². The van der Waals surface area contributed by atoms with E-state index in [1.54, 1.807) is 0 Å². The standard InChI is InChI=1S/C12H17NO/c14-9-7-11-6-8-13-12(11)10-4-2-1-3-5-10/h1-5,11-14H,6-9H2. The molecule has 2 N–H and O–H groups in total. The van der Waals surface area contributed by atoms with E-state index in [4.69, 9.17) is 5.11 Å². The second kappa shape index (κ2) is 4.58. The minimum Gasteiger partial charge on any atom is -0.396 e. The van der Waals surface area contributed by atoms with Gasteiger partial charge in [-0.05, 0) is 30.9 Å². The van der Waals surface area contributed by atoms with Crippen LogP contribution in [0.2, 0.25) is 0 Å². The molecule has 1 heterocycles. The SMILES string of the molecule is OCCC1CCNC1c1ccccc1. The highest BCUT2D eigenvalue weighted by atomic mass is 16.3. The minimum atomic E-state index is 0.301. The lowest BCUT2D eigenvalue weighted by Crippen LogP contribution is -2.18. The van der Waals surface area contributed by atoms with E-state index in [0.29, 0.717) is 18.6 Å². The first-order valence-corrected chi connectivity index (χ1v) is 5.31. The van der Waals surface area contributed by atoms with Crippen molar-refractivity contribution >= 4 is 0 Å². The topological polar surface area (TPSA) is 32.3 Å². The van der Waals surface area contributed by atoms with E-state index < -0.39 is 0 Å². The van der Waals surface area contributed by atoms with Crippen LogP contribution in [-0.4, -0.2) is 18.3 Å². The highest BCUT2D eigenvalue weighted by Gasteiger charge is 2.26. The molecule has 2 unspecified atom stereocenters. The van der Waals surface area contributed by atoms with Crippen LogP contribution in [0.15, 0.2) is 30.3 Å². The Balaban J connectivity index is 2.10. The summed E-state index contributed by atoms with van der Waals surface area (Å²) in [5.41, 5.74) is 1.35. The van der Waals surface area contributed by atoms with Crippen molar-refractivity contribution in [3.63, 3.8) is 0 Å². The van der Waals surface area contributed by atoms with Crippen molar-refractivity contribution in [2.75, 3.05) is 13.2 Å². The van der Waals surface area contributed by atoms with Crippen LogP contribution < -0.4 is 5.32 Å². The molecule has 14 heavy (non-hydrogen) atoms. The molecule has 0 aromatic heterocycles. The molecule has 2 atom stereocenters. The summed E-state index contributed by atoms with van der Waals surface area (Å²) in [6.45, 7) is 1.37. The van der Waals surface area contributed by atoms with Gasteiger partial charge in [-0.1, -0.05) is 30.3 Å². The fourth-order valence-electron chi connectivity index (χ4n) is 2.28. The quantitative estimate of drug-likeness (QED) is 0.762. The molecule has 76 valence electrons. The van der Waals surface area contributed by atoms with Gasteiger partial charge in [0.05, 0.1) is 0 Å². The van der Waals surface area contributed by atoms with E-state index in [-0.39, 0.29) is 0 Å². The van der Waals surface area contributed by atoms with Gasteiger partial charge < -0.3 is 10.4 Å². The Labute approximate surface area is 85.0 Å². The monoisotopic (exact) mass is 191 g/mol. The molecule has 2 heteroatoms. The van der Waals surface area contributed by atoms with Crippen molar-refractivity contribution in [1.82, 2.24) is 5.32 Å². The van der Waals surface area contributed by atoms with Gasteiger partial charge in [0.1, 0.15) is 0 Å². The molecule has 1 aliphatic rings. The van der Waals surface area contributed by atoms with Crippen molar-refractivity contribution < 1.29 is 5.11 Å². The third-order valence-corrected chi connectivity index (χ3v) is 3.01. The lowest BCUT2D eigenvalue weighted by molar-refractivity contribution is 0.249. The number of rotatable bonds is 3. The maximum absolute atomic E-state index is 8.96. The summed E-state index contributed by atoms with van der Waals surface area (Å²) in [5, 5.41) is 12.5. The van der Waals surface area contributed by atoms with Gasteiger partial charge in [-0.25, -0.2) is 0 Å². The molecule has 1 aliphatic heterocycles. The van der Waals surface area contributed by atoms with E-state index in [0.717, 1.165) is 13.0 Å². The van der Waals surface area contributed by atoms with Crippen LogP contribution in [0.3, 0.4) is 0 Å². The maximum atomic E-state index is 8.96. The third kappa shape index (κ3) is 1.97. The fourth-order valence-corrected chi connectivity index (χ4v) is 2.28. The van der Waals surface area contributed by atoms with Gasteiger partial charge in [0.2, 0.25) is 0 Å². The van der Waals surface area contributed by atoms with Crippen LogP contribution in [0.1, 0.15) is 24.4 Å². The second-order valence-electron chi connectivity index (χ2n) is 3.90. The maximum Gasteiger partial charge on any atom is 0.0434 e. The zero-order chi connectivity index (χ0) is 9.80. The predicted octanol–water partition coefficient (Wildman–Crippen LogP) is 1.72. The Kier molecular flexibility index (Phi) is 3.17. The third-order valence-electron chi connectivity index (χ3n) is 3.01. The average molecular weight is 191 g/mol. The van der Waals surface area contributed by atoms with Crippen molar-refractivity contribution in [2.45, 2.75) is 18.9 Å². The van der Waals surface area contributed by atoms with E-state index in [1.807, 2.05) is 6.07 Å². The summed E-state index contributed by atoms with van der Waals surface area (Å²) >= 11 is 0. The molecule has 2 rings (SSSR count). The first-order valence-electron chi connectivity index (χ1n) is 5.31.